The number of carbonyl (C=O) groups is 9. The molecular formula is C99H142N24O17. The number of carboxylic acid groups (broad SMARTS) is 2. The Morgan fingerprint density at radius 3 is 1.10 bits per heavy atom. The van der Waals surface area contributed by atoms with E-state index >= 15 is 0 Å². The van der Waals surface area contributed by atoms with Crippen LogP contribution in [-0.2, 0) is 82.4 Å². The summed E-state index contributed by atoms with van der Waals surface area (Å²) in [5.41, 5.74) is 29.0. The molecule has 7 amide bonds. The van der Waals surface area contributed by atoms with Gasteiger partial charge in [-0.1, -0.05) is 98.3 Å². The summed E-state index contributed by atoms with van der Waals surface area (Å²) in [4.78, 5) is 149. The van der Waals surface area contributed by atoms with Crippen molar-refractivity contribution in [3.8, 4) is 17.2 Å². The lowest BCUT2D eigenvalue weighted by molar-refractivity contribution is -0.143. The first-order valence-corrected chi connectivity index (χ1v) is 48.7. The lowest BCUT2D eigenvalue weighted by atomic mass is 10.1. The number of rotatable bonds is 48. The summed E-state index contributed by atoms with van der Waals surface area (Å²) in [5, 5.41) is 63.2. The Hall–Kier alpha value is -13.1. The number of fused-ring (bicyclic) bond motifs is 3. The van der Waals surface area contributed by atoms with Gasteiger partial charge < -0.3 is 112 Å². The number of nitrogen functional groups attached to an aromatic ring is 3. The number of aliphatic hydroxyl groups excluding tert-OH is 3. The lowest BCUT2D eigenvalue weighted by Gasteiger charge is -2.35. The Labute approximate surface area is 816 Å². The molecule has 13 rings (SSSR count). The summed E-state index contributed by atoms with van der Waals surface area (Å²) in [6, 6.07) is 23.8. The van der Waals surface area contributed by atoms with Gasteiger partial charge >= 0.3 is 11.9 Å². The van der Waals surface area contributed by atoms with Crippen molar-refractivity contribution in [2.45, 2.75) is 195 Å². The van der Waals surface area contributed by atoms with Crippen LogP contribution in [0.3, 0.4) is 0 Å². The van der Waals surface area contributed by atoms with E-state index in [0.717, 1.165) is 176 Å². The second kappa shape index (κ2) is 52.8. The largest absolute Gasteiger partial charge is 0.496 e. The molecule has 140 heavy (non-hydrogen) atoms. The maximum Gasteiger partial charge on any atom is 0.306 e. The first-order chi connectivity index (χ1) is 67.4. The minimum absolute atomic E-state index is 0.00956. The number of carbonyl (C=O) groups excluding carboxylic acids is 7. The summed E-state index contributed by atoms with van der Waals surface area (Å²) >= 11 is 0. The molecule has 3 aromatic carbocycles. The normalized spacial score (nSPS) is 16.0. The van der Waals surface area contributed by atoms with Crippen LogP contribution in [0.5, 0.6) is 17.2 Å². The smallest absolute Gasteiger partial charge is 0.306 e. The van der Waals surface area contributed by atoms with E-state index in [9.17, 15) is 58.5 Å². The number of hydrogen-bond acceptors (Lipinski definition) is 30. The molecule has 10 heterocycles. The van der Waals surface area contributed by atoms with E-state index < -0.39 is 23.8 Å². The number of methoxy groups -OCH3 is 3. The number of nitrogens with two attached hydrogens (primary N) is 3. The fraction of sp³-hybridized carbons (Fsp3) is 0.545. The molecule has 0 aliphatic carbocycles. The molecule has 0 saturated carbocycles. The molecule has 4 saturated heterocycles. The molecule has 4 fully saturated rings. The molecule has 760 valence electrons. The highest BCUT2D eigenvalue weighted by molar-refractivity contribution is 6.03. The fourth-order valence-electron chi connectivity index (χ4n) is 17.9. The summed E-state index contributed by atoms with van der Waals surface area (Å²) < 4.78 is 23.4. The van der Waals surface area contributed by atoms with Gasteiger partial charge in [0.25, 0.3) is 0 Å². The van der Waals surface area contributed by atoms with Crippen LogP contribution in [0, 0.1) is 17.8 Å². The van der Waals surface area contributed by atoms with Gasteiger partial charge in [-0.15, -0.1) is 0 Å². The van der Waals surface area contributed by atoms with Crippen molar-refractivity contribution in [2.75, 3.05) is 172 Å². The van der Waals surface area contributed by atoms with Crippen molar-refractivity contribution in [3.05, 3.63) is 125 Å². The zero-order chi connectivity index (χ0) is 101. The minimum atomic E-state index is -1.03. The summed E-state index contributed by atoms with van der Waals surface area (Å²) in [5.74, 6) is -0.361. The van der Waals surface area contributed by atoms with Gasteiger partial charge in [0, 0.05) is 197 Å². The van der Waals surface area contributed by atoms with Crippen LogP contribution in [0.1, 0.15) is 171 Å². The molecule has 6 aromatic heterocycles. The van der Waals surface area contributed by atoms with Crippen LogP contribution in [0.4, 0.5) is 35.3 Å². The molecular weight excluding hydrogens is 1800 g/mol. The number of aliphatic hydroxyl groups is 3. The van der Waals surface area contributed by atoms with E-state index in [0.29, 0.717) is 100 Å². The Morgan fingerprint density at radius 2 is 0.793 bits per heavy atom. The minimum Gasteiger partial charge on any atom is -0.496 e. The standard InChI is InChI=1S/2C33H48N8O6.C33H46N8O5/c1-4-5-6-25(21-42)36-31-30-26(37-33(34)38-31)10-12-41(30)20-24-18-23(7-8-27(24)47-3)19-39-13-15-40(16-14-39)29(44)9-11-35-28(43)17-22(2)32(45)46;1-4-5-6-25(21-42)36-31-30-26(37-33(34)38-31)10-12-41(30)20-24-18-23(7-8-27(24)47-3)19-39-13-15-40(16-14-39)28(43)9-11-35-32(46)22(2)17-29(44)45;1-4-5-6-25(21-42)35-31-30-26(36-33(34)37-31)9-11-40(30)20-24-18-23(7-8-27(24)46-3)19-38-13-15-39(16-14-38)28(43)10-12-41-29(44)17-22(2)32(41)45/h7-8,10,12,18,22,25,42H,4-6,9,11,13-17,19-21H2,1-3H3,(H,35,43)(H,45,46)(H3,34,36,37,38);7-8,10,12,18,22,25,42H,4-6,9,11,13-17,19-21H2,1-3H3,(H,35,46)(H,44,45)(H3,34,36,37,38);7-9,11,18,22,25,42H,4-6,10,12-17,19-21H2,1-3H3,(H3,34,35,36,37)/t3*22?,25-/m000/s1. The number of hydrogen-bond donors (Lipinski definition) is 13. The molecule has 41 heteroatoms. The Balaban J connectivity index is 0.000000201. The van der Waals surface area contributed by atoms with Gasteiger partial charge in [0.1, 0.15) is 33.8 Å². The number of nitrogens with one attached hydrogen (secondary N) is 5. The van der Waals surface area contributed by atoms with Crippen LogP contribution in [0.25, 0.3) is 33.1 Å². The number of amides is 7. The van der Waals surface area contributed by atoms with Crippen LogP contribution >= 0.6 is 0 Å². The Bertz CT molecular complexity index is 5670. The molecule has 41 nitrogen and oxygen atoms in total. The number of piperazine rings is 3. The first-order valence-electron chi connectivity index (χ1n) is 48.7. The average molecular weight is 1940 g/mol. The number of nitrogens with zero attached hydrogens (tertiary/aromatic N) is 16. The number of aromatic nitrogens is 9. The molecule has 0 radical (unpaired) electrons. The molecule has 0 spiro atoms. The summed E-state index contributed by atoms with van der Waals surface area (Å²) in [6.45, 7) is 23.2. The third kappa shape index (κ3) is 30.2. The molecule has 3 unspecified atom stereocenters. The van der Waals surface area contributed by atoms with Gasteiger partial charge in [-0.25, -0.2) is 15.0 Å². The Kier molecular flexibility index (Phi) is 40.5. The van der Waals surface area contributed by atoms with E-state index in [1.54, 1.807) is 35.2 Å². The highest BCUT2D eigenvalue weighted by atomic mass is 16.5. The number of aliphatic carboxylic acids is 2. The monoisotopic (exact) mass is 1940 g/mol. The van der Waals surface area contributed by atoms with Gasteiger partial charge in [0.15, 0.2) is 17.5 Å². The predicted octanol–water partition coefficient (Wildman–Crippen LogP) is 7.05. The predicted molar refractivity (Wildman–Crippen MR) is 533 cm³/mol. The van der Waals surface area contributed by atoms with Gasteiger partial charge in [-0.05, 0) is 90.6 Å². The highest BCUT2D eigenvalue weighted by Crippen LogP contribution is 2.34. The van der Waals surface area contributed by atoms with Gasteiger partial charge in [0.05, 0.1) is 108 Å². The zero-order valence-electron chi connectivity index (χ0n) is 82.2. The highest BCUT2D eigenvalue weighted by Gasteiger charge is 2.37. The van der Waals surface area contributed by atoms with Crippen LogP contribution in [-0.4, -0.2) is 314 Å². The van der Waals surface area contributed by atoms with E-state index in [2.05, 4.69) is 142 Å². The van der Waals surface area contributed by atoms with Crippen LogP contribution in [0.2, 0.25) is 0 Å². The van der Waals surface area contributed by atoms with Crippen molar-refractivity contribution < 1.29 is 82.9 Å². The van der Waals surface area contributed by atoms with Crippen molar-refractivity contribution in [3.63, 3.8) is 0 Å². The van der Waals surface area contributed by atoms with Crippen LogP contribution in [0.15, 0.2) is 91.4 Å². The number of likely N-dealkylation sites (tertiary alicyclic amines) is 1. The van der Waals surface area contributed by atoms with Gasteiger partial charge in [-0.2, -0.15) is 15.0 Å². The molecule has 16 N–H and O–H groups in total. The number of ether oxygens (including phenoxy) is 3. The van der Waals surface area contributed by atoms with Crippen molar-refractivity contribution >= 4 is 122 Å². The number of unbranched alkanes of at least 4 members (excludes halogenated alkanes) is 3. The first kappa shape index (κ1) is 107. The van der Waals surface area contributed by atoms with Crippen molar-refractivity contribution in [1.29, 1.82) is 0 Å². The maximum atomic E-state index is 12.8. The third-order valence-electron chi connectivity index (χ3n) is 25.9. The number of anilines is 6. The average Bonchev–Trinajstić information content (AvgIpc) is 1.64. The zero-order valence-corrected chi connectivity index (χ0v) is 82.2. The van der Waals surface area contributed by atoms with Crippen molar-refractivity contribution in [2.24, 2.45) is 17.8 Å². The molecule has 6 atom stereocenters. The SMILES string of the molecule is CCCC[C@@H](CO)Nc1nc(N)nc2ccn(Cc3cc(CN4CCN(C(=O)CCN5C(=O)CC(C)C5=O)CC4)ccc3OC)c12.CCCC[C@@H](CO)Nc1nc(N)nc2ccn(Cc3cc(CN4CCN(C(=O)CCNC(=O)C(C)CC(=O)O)CC4)ccc3OC)c12.CCCC[C@@H](CO)Nc1nc(N)nc2ccn(Cc3cc(CN4CCN(C(=O)CCNC(=O)CC(C)C(=O)O)CC4)ccc3OC)c12. The van der Waals surface area contributed by atoms with E-state index in [4.69, 9.17) is 41.6 Å². The van der Waals surface area contributed by atoms with E-state index in [1.165, 1.54) is 11.8 Å². The second-order valence-electron chi connectivity index (χ2n) is 36.6. The number of imide groups is 1. The van der Waals surface area contributed by atoms with E-state index in [1.807, 2.05) is 69.7 Å². The summed E-state index contributed by atoms with van der Waals surface area (Å²) in [6.07, 6.45) is 14.7. The maximum absolute atomic E-state index is 12.8. The molecule has 0 bridgehead atoms. The fourth-order valence-corrected chi connectivity index (χ4v) is 17.9. The number of benzene rings is 3. The molecule has 9 aromatic rings. The van der Waals surface area contributed by atoms with Gasteiger partial charge in [-0.3, -0.25) is 62.8 Å². The van der Waals surface area contributed by atoms with Gasteiger partial charge in [0.2, 0.25) is 59.2 Å². The topological polar surface area (TPSA) is 535 Å². The third-order valence-corrected chi connectivity index (χ3v) is 25.9. The van der Waals surface area contributed by atoms with Crippen LogP contribution < -0.4 is 58.0 Å². The summed E-state index contributed by atoms with van der Waals surface area (Å²) in [7, 11) is 4.97. The van der Waals surface area contributed by atoms with Crippen molar-refractivity contribution in [1.82, 2.24) is 88.5 Å². The lowest BCUT2D eigenvalue weighted by Crippen LogP contribution is -2.49. The number of carboxylic acids is 2. The molecule has 4 aliphatic heterocycles. The quantitative estimate of drug-likeness (QED) is 0.0170. The molecule has 4 aliphatic rings. The second-order valence-corrected chi connectivity index (χ2v) is 36.6. The Morgan fingerprint density at radius 1 is 0.450 bits per heavy atom. The van der Waals surface area contributed by atoms with E-state index in [-0.39, 0.29) is 161 Å².